The summed E-state index contributed by atoms with van der Waals surface area (Å²) in [6.07, 6.45) is 6.26. The Kier molecular flexibility index (Phi) is 54.4. The van der Waals surface area contributed by atoms with E-state index >= 15 is 0 Å². The van der Waals surface area contributed by atoms with E-state index in [9.17, 15) is 38.4 Å². The molecule has 1 aromatic carbocycles. The van der Waals surface area contributed by atoms with E-state index < -0.39 is 42.8 Å². The number of carbonyl (C=O) groups excluding carboxylic acids is 8. The number of nitrogens with one attached hydrogen (secondary N) is 8. The molecule has 0 aliphatic carbocycles. The first kappa shape index (κ1) is 101. The minimum Gasteiger partial charge on any atom is -0.377 e. The van der Waals surface area contributed by atoms with E-state index in [-0.39, 0.29) is 232 Å². The van der Waals surface area contributed by atoms with Crippen molar-refractivity contribution in [2.45, 2.75) is 241 Å². The van der Waals surface area contributed by atoms with E-state index in [1.807, 2.05) is 30.3 Å². The van der Waals surface area contributed by atoms with Gasteiger partial charge in [0.2, 0.25) is 47.3 Å². The molecule has 32 heteroatoms. The monoisotopic (exact) mass is 1630 g/mol. The van der Waals surface area contributed by atoms with Crippen molar-refractivity contribution in [3.05, 3.63) is 35.9 Å². The molecular formula is C82H144N8O24. The second-order valence-corrected chi connectivity index (χ2v) is 29.7. The fraction of sp³-hybridized carbons (Fsp3) is 0.829. The first-order chi connectivity index (χ1) is 55.1. The number of unbranched alkanes of at least 4 members (excludes halogenated alkanes) is 5. The smallest absolute Gasteiger partial charge is 0.246 e. The molecule has 0 bridgehead atoms. The molecule has 0 spiro atoms. The summed E-state index contributed by atoms with van der Waals surface area (Å²) in [4.78, 5) is 103. The lowest BCUT2D eigenvalue weighted by Crippen LogP contribution is -2.57. The lowest BCUT2D eigenvalue weighted by Gasteiger charge is -2.44. The van der Waals surface area contributed by atoms with E-state index in [1.165, 1.54) is 20.8 Å². The van der Waals surface area contributed by atoms with Crippen molar-refractivity contribution in [3.63, 3.8) is 0 Å². The lowest BCUT2D eigenvalue weighted by molar-refractivity contribution is -0.239. The highest BCUT2D eigenvalue weighted by Crippen LogP contribution is 2.35. The number of carbonyl (C=O) groups is 8. The second kappa shape index (κ2) is 61.6. The first-order valence-electron chi connectivity index (χ1n) is 41.9. The number of benzene rings is 1. The van der Waals surface area contributed by atoms with Crippen LogP contribution < -0.4 is 42.5 Å². The van der Waals surface area contributed by atoms with Crippen molar-refractivity contribution in [3.8, 4) is 0 Å². The molecule has 4 rings (SSSR count). The maximum Gasteiger partial charge on any atom is 0.246 e. The highest BCUT2D eigenvalue weighted by molar-refractivity contribution is 5.92. The van der Waals surface area contributed by atoms with Crippen molar-refractivity contribution in [1.29, 1.82) is 0 Å². The Morgan fingerprint density at radius 3 is 1.04 bits per heavy atom. The van der Waals surface area contributed by atoms with Crippen LogP contribution in [0.15, 0.2) is 30.3 Å². The fourth-order valence-electron chi connectivity index (χ4n) is 13.8. The molecule has 0 aromatic heterocycles. The highest BCUT2D eigenvalue weighted by atomic mass is 16.7. The summed E-state index contributed by atoms with van der Waals surface area (Å²) >= 11 is 0. The van der Waals surface area contributed by atoms with E-state index in [2.05, 4.69) is 105 Å². The number of hydrogen-bond acceptors (Lipinski definition) is 24. The average Bonchev–Trinajstić information content (AvgIpc) is 0.820. The third-order valence-electron chi connectivity index (χ3n) is 20.9. The standard InChI is InChI=1S/C82H144N8O24/c1-13-69-57(4)60(7)75(86-63(10)91)80(112-69)109-50-47-102-38-35-99-41-44-106-54-72(94)83-31-24-21-29-67(78(97)85-33-23-16-17-26-34-105-53-66-27-19-18-20-28-66)90-79(98)68(89-74(96)56-108-46-43-101-37-40-104-49-52-111-82-77(88-65(12)93)62(9)59(6)71(15-3)114-82)30-22-25-32-84-73(95)55-107-45-42-100-36-39-103-48-51-110-81-76(87-64(11)92)61(8)58(5)70(14-2)113-81/h18-20,27-28,57-62,67-71,75-77,80-82H,13-17,21-26,29-56H2,1-12H3,(H,83,94)(H,84,95)(H,85,97)(H,86,91)(H,87,92)(H,88,93)(H,89,96)(H,90,98)/t57-,58-,59-,60+,61+,62+,67-,68+,69-,70-,71-,75-,76-,77-,80-,81-,82-/m1/s1. The molecule has 114 heavy (non-hydrogen) atoms. The fourth-order valence-corrected chi connectivity index (χ4v) is 13.8. The Morgan fingerprint density at radius 1 is 0.342 bits per heavy atom. The van der Waals surface area contributed by atoms with Gasteiger partial charge in [0.05, 0.1) is 162 Å². The summed E-state index contributed by atoms with van der Waals surface area (Å²) in [6, 6.07) is 7.08. The molecular weight excluding hydrogens is 1480 g/mol. The summed E-state index contributed by atoms with van der Waals surface area (Å²) in [5, 5.41) is 23.4. The summed E-state index contributed by atoms with van der Waals surface area (Å²) in [5.74, 6) is -1.39. The molecule has 3 fully saturated rings. The summed E-state index contributed by atoms with van der Waals surface area (Å²) in [5.41, 5.74) is 1.11. The molecule has 3 aliphatic heterocycles. The van der Waals surface area contributed by atoms with Crippen molar-refractivity contribution in [2.24, 2.45) is 35.5 Å². The minimum absolute atomic E-state index is 0.00760. The molecule has 3 heterocycles. The third-order valence-corrected chi connectivity index (χ3v) is 20.9. The highest BCUT2D eigenvalue weighted by Gasteiger charge is 2.45. The van der Waals surface area contributed by atoms with Crippen molar-refractivity contribution in [2.75, 3.05) is 165 Å². The van der Waals surface area contributed by atoms with Crippen LogP contribution >= 0.6 is 0 Å². The van der Waals surface area contributed by atoms with E-state index in [0.29, 0.717) is 91.5 Å². The van der Waals surface area contributed by atoms with Crippen LogP contribution in [-0.4, -0.2) is 280 Å². The van der Waals surface area contributed by atoms with Crippen LogP contribution in [0.25, 0.3) is 0 Å². The molecule has 32 nitrogen and oxygen atoms in total. The molecule has 0 radical (unpaired) electrons. The first-order valence-corrected chi connectivity index (χ1v) is 41.9. The van der Waals surface area contributed by atoms with E-state index in [1.54, 1.807) is 0 Å². The third kappa shape index (κ3) is 42.6. The lowest BCUT2D eigenvalue weighted by atomic mass is 9.81. The zero-order valence-corrected chi connectivity index (χ0v) is 70.6. The maximum absolute atomic E-state index is 14.4. The van der Waals surface area contributed by atoms with Crippen molar-refractivity contribution >= 4 is 47.3 Å². The molecule has 0 unspecified atom stereocenters. The number of amides is 8. The van der Waals surface area contributed by atoms with Gasteiger partial charge >= 0.3 is 0 Å². The Balaban J connectivity index is 1.22. The Morgan fingerprint density at radius 2 is 0.667 bits per heavy atom. The van der Waals surface area contributed by atoms with Crippen molar-refractivity contribution < 1.29 is 114 Å². The number of hydrogen-bond donors (Lipinski definition) is 8. The van der Waals surface area contributed by atoms with Crippen LogP contribution in [0.1, 0.15) is 172 Å². The van der Waals surface area contributed by atoms with E-state index in [0.717, 1.165) is 44.1 Å². The molecule has 1 aromatic rings. The average molecular weight is 1630 g/mol. The zero-order chi connectivity index (χ0) is 83.1. The van der Waals surface area contributed by atoms with Crippen LogP contribution in [0.5, 0.6) is 0 Å². The largest absolute Gasteiger partial charge is 0.377 e. The van der Waals surface area contributed by atoms with Gasteiger partial charge in [-0.05, 0) is 112 Å². The number of ether oxygens (including phenoxy) is 16. The van der Waals surface area contributed by atoms with Gasteiger partial charge in [-0.2, -0.15) is 0 Å². The van der Waals surface area contributed by atoms with Gasteiger partial charge in [0.25, 0.3) is 0 Å². The minimum atomic E-state index is -1.09. The van der Waals surface area contributed by atoms with Crippen LogP contribution in [-0.2, 0) is 121 Å². The SMILES string of the molecule is CC[C@H]1O[C@@H](OCCOCCOCCOCC(=O)NCCCC[C@H](NC(=O)COCCOCCOCCO[C@@H]2O[C@H](CC)[C@H](C)[C@H](C)[C@H]2NC(C)=O)C(=O)N[C@H](CCCCNC(=O)COCCOCCOCCO[C@@H]2O[C@H](CC)[C@H](C)[C@H](C)[C@H]2NC(C)=O)C(=O)NCCCCCCOCc2ccccc2)[C@H](NC(C)=O)[C@@H](C)[C@H]1C. The maximum atomic E-state index is 14.4. The Bertz CT molecular complexity index is 2770. The van der Waals surface area contributed by atoms with E-state index in [4.69, 9.17) is 75.8 Å². The molecule has 8 amide bonds. The van der Waals surface area contributed by atoms with Crippen LogP contribution in [0.4, 0.5) is 0 Å². The summed E-state index contributed by atoms with van der Waals surface area (Å²) in [6.45, 7) is 29.1. The van der Waals surface area contributed by atoms with Crippen LogP contribution in [0.2, 0.25) is 0 Å². The second-order valence-electron chi connectivity index (χ2n) is 29.7. The molecule has 8 N–H and O–H groups in total. The number of rotatable bonds is 65. The summed E-state index contributed by atoms with van der Waals surface area (Å²) < 4.78 is 93.3. The van der Waals surface area contributed by atoms with Gasteiger partial charge in [-0.25, -0.2) is 0 Å². The van der Waals surface area contributed by atoms with Gasteiger partial charge in [0, 0.05) is 47.0 Å². The summed E-state index contributed by atoms with van der Waals surface area (Å²) in [7, 11) is 0. The Labute approximate surface area is 678 Å². The van der Waals surface area contributed by atoms with Gasteiger partial charge < -0.3 is 118 Å². The molecule has 17 atom stereocenters. The topological polar surface area (TPSA) is 380 Å². The van der Waals surface area contributed by atoms with Gasteiger partial charge in [-0.1, -0.05) is 105 Å². The normalized spacial score (nSPS) is 24.1. The van der Waals surface area contributed by atoms with Crippen molar-refractivity contribution in [1.82, 2.24) is 42.5 Å². The predicted octanol–water partition coefficient (Wildman–Crippen LogP) is 5.36. The Hall–Kier alpha value is -5.66. The predicted molar refractivity (Wildman–Crippen MR) is 425 cm³/mol. The van der Waals surface area contributed by atoms with Crippen LogP contribution in [0, 0.1) is 35.5 Å². The van der Waals surface area contributed by atoms with Gasteiger partial charge in [-0.15, -0.1) is 0 Å². The molecule has 0 saturated carbocycles. The van der Waals surface area contributed by atoms with Gasteiger partial charge in [-0.3, -0.25) is 38.4 Å². The molecule has 3 aliphatic rings. The quantitative estimate of drug-likeness (QED) is 0.0381. The van der Waals surface area contributed by atoms with Gasteiger partial charge in [0.15, 0.2) is 18.9 Å². The van der Waals surface area contributed by atoms with Crippen LogP contribution in [0.3, 0.4) is 0 Å². The molecule has 3 saturated heterocycles. The molecule has 656 valence electrons. The zero-order valence-electron chi connectivity index (χ0n) is 70.6. The van der Waals surface area contributed by atoms with Gasteiger partial charge in [0.1, 0.15) is 31.9 Å².